The van der Waals surface area contributed by atoms with Crippen LogP contribution in [-0.4, -0.2) is 31.6 Å². The highest BCUT2D eigenvalue weighted by Crippen LogP contribution is 2.25. The maximum atomic E-state index is 6.25. The van der Waals surface area contributed by atoms with E-state index in [1.807, 2.05) is 25.2 Å². The lowest BCUT2D eigenvalue weighted by molar-refractivity contribution is 0.239. The molecular formula is C15H25ClN2. The molecule has 0 aliphatic rings. The zero-order chi connectivity index (χ0) is 13.5. The van der Waals surface area contributed by atoms with Crippen molar-refractivity contribution < 1.29 is 0 Å². The van der Waals surface area contributed by atoms with Crippen molar-refractivity contribution >= 4 is 11.6 Å². The van der Waals surface area contributed by atoms with Gasteiger partial charge in [0.25, 0.3) is 0 Å². The molecule has 102 valence electrons. The van der Waals surface area contributed by atoms with E-state index in [2.05, 4.69) is 37.2 Å². The molecule has 18 heavy (non-hydrogen) atoms. The summed E-state index contributed by atoms with van der Waals surface area (Å²) in [5.74, 6) is 0. The first-order chi connectivity index (χ1) is 8.60. The van der Waals surface area contributed by atoms with Crippen molar-refractivity contribution in [1.29, 1.82) is 0 Å². The second-order valence-electron chi connectivity index (χ2n) is 4.89. The van der Waals surface area contributed by atoms with Crippen LogP contribution in [0.1, 0.15) is 38.3 Å². The van der Waals surface area contributed by atoms with Crippen LogP contribution < -0.4 is 5.32 Å². The Balaban J connectivity index is 2.61. The van der Waals surface area contributed by atoms with Gasteiger partial charge in [0, 0.05) is 17.1 Å². The molecule has 0 radical (unpaired) electrons. The van der Waals surface area contributed by atoms with Gasteiger partial charge in [-0.3, -0.25) is 0 Å². The monoisotopic (exact) mass is 268 g/mol. The Hall–Kier alpha value is -0.570. The van der Waals surface area contributed by atoms with Crippen LogP contribution >= 0.6 is 11.6 Å². The summed E-state index contributed by atoms with van der Waals surface area (Å²) in [4.78, 5) is 2.40. The van der Waals surface area contributed by atoms with Gasteiger partial charge in [-0.2, -0.15) is 0 Å². The third-order valence-corrected chi connectivity index (χ3v) is 4.09. The molecule has 1 N–H and O–H groups in total. The lowest BCUT2D eigenvalue weighted by Crippen LogP contribution is -2.31. The highest BCUT2D eigenvalue weighted by molar-refractivity contribution is 6.31. The Labute approximate surface area is 116 Å². The Morgan fingerprint density at radius 3 is 2.56 bits per heavy atom. The normalized spacial score (nSPS) is 14.8. The molecule has 0 aliphatic heterocycles. The van der Waals surface area contributed by atoms with Gasteiger partial charge in [0.1, 0.15) is 0 Å². The van der Waals surface area contributed by atoms with Crippen LogP contribution in [0, 0.1) is 0 Å². The molecule has 0 saturated heterocycles. The van der Waals surface area contributed by atoms with Crippen molar-refractivity contribution in [1.82, 2.24) is 10.2 Å². The number of rotatable bonds is 7. The highest BCUT2D eigenvalue weighted by Gasteiger charge is 2.14. The fourth-order valence-corrected chi connectivity index (χ4v) is 2.35. The molecule has 0 saturated carbocycles. The quantitative estimate of drug-likeness (QED) is 0.811. The van der Waals surface area contributed by atoms with Crippen LogP contribution in [0.5, 0.6) is 0 Å². The standard InChI is InChI=1S/C15H25ClN2/c1-5-12(2)18(4)11-10-15(17-3)13-8-6-7-9-14(13)16/h6-9,12,15,17H,5,10-11H2,1-4H3. The van der Waals surface area contributed by atoms with Gasteiger partial charge in [-0.1, -0.05) is 36.7 Å². The maximum absolute atomic E-state index is 6.25. The van der Waals surface area contributed by atoms with Crippen molar-refractivity contribution in [2.24, 2.45) is 0 Å². The van der Waals surface area contributed by atoms with Crippen molar-refractivity contribution in [3.8, 4) is 0 Å². The first-order valence-electron chi connectivity index (χ1n) is 6.72. The fourth-order valence-electron chi connectivity index (χ4n) is 2.08. The number of nitrogens with one attached hydrogen (secondary N) is 1. The molecule has 2 unspecified atom stereocenters. The van der Waals surface area contributed by atoms with E-state index in [9.17, 15) is 0 Å². The third kappa shape index (κ3) is 4.27. The van der Waals surface area contributed by atoms with E-state index >= 15 is 0 Å². The summed E-state index contributed by atoms with van der Waals surface area (Å²) in [5.41, 5.74) is 1.19. The summed E-state index contributed by atoms with van der Waals surface area (Å²) in [6, 6.07) is 9.04. The largest absolute Gasteiger partial charge is 0.313 e. The molecule has 2 nitrogen and oxygen atoms in total. The summed E-state index contributed by atoms with van der Waals surface area (Å²) < 4.78 is 0. The van der Waals surface area contributed by atoms with Crippen molar-refractivity contribution in [3.05, 3.63) is 34.9 Å². The zero-order valence-electron chi connectivity index (χ0n) is 11.9. The van der Waals surface area contributed by atoms with Crippen LogP contribution in [0.15, 0.2) is 24.3 Å². The molecule has 1 aromatic rings. The van der Waals surface area contributed by atoms with E-state index in [1.54, 1.807) is 0 Å². The lowest BCUT2D eigenvalue weighted by atomic mass is 10.0. The fraction of sp³-hybridized carbons (Fsp3) is 0.600. The molecule has 0 bridgehead atoms. The maximum Gasteiger partial charge on any atom is 0.0453 e. The van der Waals surface area contributed by atoms with Crippen LogP contribution in [-0.2, 0) is 0 Å². The van der Waals surface area contributed by atoms with Gasteiger partial charge in [-0.25, -0.2) is 0 Å². The number of hydrogen-bond acceptors (Lipinski definition) is 2. The van der Waals surface area contributed by atoms with Crippen LogP contribution in [0.3, 0.4) is 0 Å². The van der Waals surface area contributed by atoms with Gasteiger partial charge in [-0.15, -0.1) is 0 Å². The molecule has 0 aliphatic carbocycles. The third-order valence-electron chi connectivity index (χ3n) is 3.74. The number of halogens is 1. The van der Waals surface area contributed by atoms with Crippen LogP contribution in [0.4, 0.5) is 0 Å². The summed E-state index contributed by atoms with van der Waals surface area (Å²) in [6.07, 6.45) is 2.26. The van der Waals surface area contributed by atoms with E-state index in [1.165, 1.54) is 12.0 Å². The summed E-state index contributed by atoms with van der Waals surface area (Å²) in [7, 11) is 4.19. The molecule has 1 aromatic carbocycles. The molecule has 1 rings (SSSR count). The predicted octanol–water partition coefficient (Wildman–Crippen LogP) is 3.72. The van der Waals surface area contributed by atoms with E-state index in [0.29, 0.717) is 12.1 Å². The van der Waals surface area contributed by atoms with E-state index in [4.69, 9.17) is 11.6 Å². The molecule has 0 aromatic heterocycles. The second-order valence-corrected chi connectivity index (χ2v) is 5.30. The van der Waals surface area contributed by atoms with E-state index < -0.39 is 0 Å². The average Bonchev–Trinajstić information content (AvgIpc) is 2.40. The van der Waals surface area contributed by atoms with Crippen LogP contribution in [0.25, 0.3) is 0 Å². The van der Waals surface area contributed by atoms with Crippen molar-refractivity contribution in [2.75, 3.05) is 20.6 Å². The van der Waals surface area contributed by atoms with Gasteiger partial charge in [0.15, 0.2) is 0 Å². The minimum atomic E-state index is 0.324. The summed E-state index contributed by atoms with van der Waals surface area (Å²) in [5, 5.41) is 4.21. The first-order valence-corrected chi connectivity index (χ1v) is 7.09. The summed E-state index contributed by atoms with van der Waals surface area (Å²) in [6.45, 7) is 5.57. The molecule has 0 fully saturated rings. The SMILES string of the molecule is CCC(C)N(C)CCC(NC)c1ccccc1Cl. The molecular weight excluding hydrogens is 244 g/mol. The Morgan fingerprint density at radius 2 is 2.00 bits per heavy atom. The smallest absolute Gasteiger partial charge is 0.0453 e. The van der Waals surface area contributed by atoms with Gasteiger partial charge in [0.2, 0.25) is 0 Å². The van der Waals surface area contributed by atoms with Crippen molar-refractivity contribution in [3.63, 3.8) is 0 Å². The topological polar surface area (TPSA) is 15.3 Å². The van der Waals surface area contributed by atoms with Gasteiger partial charge in [0.05, 0.1) is 0 Å². The highest BCUT2D eigenvalue weighted by atomic mass is 35.5. The zero-order valence-corrected chi connectivity index (χ0v) is 12.7. The predicted molar refractivity (Wildman–Crippen MR) is 80.3 cm³/mol. The number of benzene rings is 1. The Morgan fingerprint density at radius 1 is 1.33 bits per heavy atom. The molecule has 0 heterocycles. The average molecular weight is 269 g/mol. The first kappa shape index (κ1) is 15.5. The van der Waals surface area contributed by atoms with Crippen molar-refractivity contribution in [2.45, 2.75) is 38.8 Å². The minimum absolute atomic E-state index is 0.324. The second kappa shape index (κ2) is 7.78. The van der Waals surface area contributed by atoms with Gasteiger partial charge >= 0.3 is 0 Å². The molecule has 3 heteroatoms. The summed E-state index contributed by atoms with van der Waals surface area (Å²) >= 11 is 6.25. The Bertz CT molecular complexity index is 354. The number of hydrogen-bond donors (Lipinski definition) is 1. The number of nitrogens with zero attached hydrogens (tertiary/aromatic N) is 1. The van der Waals surface area contributed by atoms with E-state index in [0.717, 1.165) is 18.0 Å². The molecule has 0 amide bonds. The molecule has 0 spiro atoms. The lowest BCUT2D eigenvalue weighted by Gasteiger charge is -2.26. The van der Waals surface area contributed by atoms with E-state index in [-0.39, 0.29) is 0 Å². The van der Waals surface area contributed by atoms with Gasteiger partial charge < -0.3 is 10.2 Å². The minimum Gasteiger partial charge on any atom is -0.313 e. The Kier molecular flexibility index (Phi) is 6.69. The van der Waals surface area contributed by atoms with Gasteiger partial charge in [-0.05, 0) is 52.0 Å². The van der Waals surface area contributed by atoms with Crippen LogP contribution in [0.2, 0.25) is 5.02 Å². The molecule has 2 atom stereocenters.